The van der Waals surface area contributed by atoms with E-state index >= 15 is 0 Å². The Morgan fingerprint density at radius 1 is 1.29 bits per heavy atom. The second-order valence-corrected chi connectivity index (χ2v) is 7.16. The Hall–Kier alpha value is -1.82. The number of amides is 1. The van der Waals surface area contributed by atoms with Crippen molar-refractivity contribution in [3.8, 4) is 0 Å². The largest absolute Gasteiger partial charge is 0.360 e. The number of aryl methyl sites for hydroxylation is 1. The number of likely N-dealkylation sites (tertiary alicyclic amines) is 1. The average molecular weight is 349 g/mol. The smallest absolute Gasteiger partial charge is 0.276 e. The average Bonchev–Trinajstić information content (AvgIpc) is 3.28. The maximum atomic E-state index is 13.1. The maximum absolute atomic E-state index is 13.1. The molecule has 2 aromatic heterocycles. The Morgan fingerprint density at radius 2 is 2.12 bits per heavy atom. The van der Waals surface area contributed by atoms with Gasteiger partial charge in [0.2, 0.25) is 0 Å². The molecule has 24 heavy (non-hydrogen) atoms. The molecule has 1 saturated heterocycles. The van der Waals surface area contributed by atoms with Crippen molar-refractivity contribution in [2.45, 2.75) is 50.5 Å². The van der Waals surface area contributed by atoms with Crippen molar-refractivity contribution in [3.05, 3.63) is 34.4 Å². The number of rotatable bonds is 3. The van der Waals surface area contributed by atoms with E-state index in [0.29, 0.717) is 23.2 Å². The summed E-state index contributed by atoms with van der Waals surface area (Å²) in [5.41, 5.74) is 1.31. The lowest BCUT2D eigenvalue weighted by Gasteiger charge is -2.29. The number of aromatic nitrogens is 3. The maximum Gasteiger partial charge on any atom is 0.276 e. The first-order chi connectivity index (χ1) is 11.6. The second-order valence-electron chi connectivity index (χ2n) is 6.75. The molecule has 1 aliphatic carbocycles. The van der Waals surface area contributed by atoms with E-state index < -0.39 is 0 Å². The Morgan fingerprint density at radius 3 is 2.83 bits per heavy atom. The van der Waals surface area contributed by atoms with Crippen LogP contribution in [0.3, 0.4) is 0 Å². The zero-order valence-electron chi connectivity index (χ0n) is 13.7. The SMILES string of the molecule is Cn1ncc(Cl)c1[C@@H]1CCCCCN1C(=O)c1cc(C2CC2)on1. The molecule has 4 rings (SSSR count). The zero-order valence-corrected chi connectivity index (χ0v) is 14.5. The third-order valence-electron chi connectivity index (χ3n) is 4.99. The van der Waals surface area contributed by atoms with Gasteiger partial charge in [-0.05, 0) is 25.7 Å². The molecular formula is C17H21ClN4O2. The highest BCUT2D eigenvalue weighted by molar-refractivity contribution is 6.31. The van der Waals surface area contributed by atoms with Crippen LogP contribution in [0, 0.1) is 0 Å². The Labute approximate surface area is 145 Å². The summed E-state index contributed by atoms with van der Waals surface area (Å²) in [6, 6.07) is 1.74. The van der Waals surface area contributed by atoms with Crippen molar-refractivity contribution >= 4 is 17.5 Å². The molecule has 0 N–H and O–H groups in total. The lowest BCUT2D eigenvalue weighted by molar-refractivity contribution is 0.0663. The highest BCUT2D eigenvalue weighted by Crippen LogP contribution is 2.40. The summed E-state index contributed by atoms with van der Waals surface area (Å²) in [5, 5.41) is 8.87. The Balaban J connectivity index is 1.65. The molecule has 1 aliphatic heterocycles. The van der Waals surface area contributed by atoms with Crippen LogP contribution in [-0.4, -0.2) is 32.3 Å². The van der Waals surface area contributed by atoms with Crippen LogP contribution < -0.4 is 0 Å². The van der Waals surface area contributed by atoms with Gasteiger partial charge >= 0.3 is 0 Å². The van der Waals surface area contributed by atoms with Gasteiger partial charge in [-0.2, -0.15) is 5.10 Å². The monoisotopic (exact) mass is 348 g/mol. The Bertz CT molecular complexity index is 730. The normalized spacial score (nSPS) is 21.8. The van der Waals surface area contributed by atoms with Crippen LogP contribution in [0.1, 0.15) is 72.4 Å². The summed E-state index contributed by atoms with van der Waals surface area (Å²) in [5.74, 6) is 1.21. The standard InChI is InChI=1S/C17H21ClN4O2/c1-21-16(12(18)10-19-21)14-5-3-2-4-8-22(14)17(23)13-9-15(24-20-13)11-6-7-11/h9-11,14H,2-8H2,1H3/t14-/m0/s1. The minimum absolute atomic E-state index is 0.0684. The van der Waals surface area contributed by atoms with E-state index in [0.717, 1.165) is 50.0 Å². The molecule has 3 heterocycles. The predicted octanol–water partition coefficient (Wildman–Crippen LogP) is 3.70. The lowest BCUT2D eigenvalue weighted by atomic mass is 10.1. The highest BCUT2D eigenvalue weighted by atomic mass is 35.5. The van der Waals surface area contributed by atoms with Crippen LogP contribution in [-0.2, 0) is 7.05 Å². The highest BCUT2D eigenvalue weighted by Gasteiger charge is 2.34. The van der Waals surface area contributed by atoms with Crippen LogP contribution in [0.25, 0.3) is 0 Å². The third-order valence-corrected chi connectivity index (χ3v) is 5.29. The van der Waals surface area contributed by atoms with Crippen LogP contribution in [0.2, 0.25) is 5.02 Å². The fourth-order valence-corrected chi connectivity index (χ4v) is 3.82. The van der Waals surface area contributed by atoms with Gasteiger partial charge in [-0.1, -0.05) is 29.6 Å². The molecule has 2 aromatic rings. The van der Waals surface area contributed by atoms with E-state index in [1.807, 2.05) is 18.0 Å². The van der Waals surface area contributed by atoms with Gasteiger partial charge < -0.3 is 9.42 Å². The summed E-state index contributed by atoms with van der Waals surface area (Å²) in [7, 11) is 1.87. The van der Waals surface area contributed by atoms with E-state index in [9.17, 15) is 4.79 Å². The lowest BCUT2D eigenvalue weighted by Crippen LogP contribution is -2.36. The summed E-state index contributed by atoms with van der Waals surface area (Å²) >= 11 is 6.35. The van der Waals surface area contributed by atoms with Gasteiger partial charge in [0.1, 0.15) is 5.76 Å². The second kappa shape index (κ2) is 6.24. The number of nitrogens with zero attached hydrogens (tertiary/aromatic N) is 4. The van der Waals surface area contributed by atoms with Crippen LogP contribution in [0.15, 0.2) is 16.8 Å². The van der Waals surface area contributed by atoms with Crippen molar-refractivity contribution < 1.29 is 9.32 Å². The van der Waals surface area contributed by atoms with Gasteiger partial charge in [-0.15, -0.1) is 0 Å². The predicted molar refractivity (Wildman–Crippen MR) is 88.9 cm³/mol. The topological polar surface area (TPSA) is 64.2 Å². The minimum atomic E-state index is -0.0742. The van der Waals surface area contributed by atoms with Crippen LogP contribution >= 0.6 is 11.6 Å². The van der Waals surface area contributed by atoms with Gasteiger partial charge in [-0.25, -0.2) is 0 Å². The molecule has 2 fully saturated rings. The van der Waals surface area contributed by atoms with Crippen LogP contribution in [0.4, 0.5) is 0 Å². The Kier molecular flexibility index (Phi) is 4.08. The molecule has 1 atom stereocenters. The van der Waals surface area contributed by atoms with Crippen molar-refractivity contribution in [3.63, 3.8) is 0 Å². The first-order valence-corrected chi connectivity index (χ1v) is 8.98. The fraction of sp³-hybridized carbons (Fsp3) is 0.588. The number of hydrogen-bond acceptors (Lipinski definition) is 4. The molecule has 1 saturated carbocycles. The van der Waals surface area contributed by atoms with Gasteiger partial charge in [-0.3, -0.25) is 9.48 Å². The quantitative estimate of drug-likeness (QED) is 0.848. The van der Waals surface area contributed by atoms with E-state index in [1.165, 1.54) is 0 Å². The number of carbonyl (C=O) groups excluding carboxylic acids is 1. The van der Waals surface area contributed by atoms with Gasteiger partial charge in [0.05, 0.1) is 23.0 Å². The number of carbonyl (C=O) groups is 1. The molecule has 0 aromatic carbocycles. The van der Waals surface area contributed by atoms with Crippen molar-refractivity contribution in [2.24, 2.45) is 7.05 Å². The van der Waals surface area contributed by atoms with Crippen molar-refractivity contribution in [1.82, 2.24) is 19.8 Å². The first kappa shape index (κ1) is 15.7. The van der Waals surface area contributed by atoms with Crippen molar-refractivity contribution in [2.75, 3.05) is 6.54 Å². The third kappa shape index (κ3) is 2.83. The molecule has 0 spiro atoms. The van der Waals surface area contributed by atoms with Crippen LogP contribution in [0.5, 0.6) is 0 Å². The number of halogens is 1. The molecule has 7 heteroatoms. The van der Waals surface area contributed by atoms with E-state index in [1.54, 1.807) is 10.9 Å². The molecule has 0 radical (unpaired) electrons. The van der Waals surface area contributed by atoms with E-state index in [4.69, 9.17) is 16.1 Å². The zero-order chi connectivity index (χ0) is 16.7. The fourth-order valence-electron chi connectivity index (χ4n) is 3.53. The molecule has 1 amide bonds. The van der Waals surface area contributed by atoms with E-state index in [2.05, 4.69) is 10.3 Å². The van der Waals surface area contributed by atoms with Gasteiger partial charge in [0.15, 0.2) is 5.69 Å². The van der Waals surface area contributed by atoms with Gasteiger partial charge in [0.25, 0.3) is 5.91 Å². The summed E-state index contributed by atoms with van der Waals surface area (Å²) < 4.78 is 7.14. The molecular weight excluding hydrogens is 328 g/mol. The molecule has 2 aliphatic rings. The number of hydrogen-bond donors (Lipinski definition) is 0. The van der Waals surface area contributed by atoms with E-state index in [-0.39, 0.29) is 11.9 Å². The molecule has 0 bridgehead atoms. The van der Waals surface area contributed by atoms with Gasteiger partial charge in [0, 0.05) is 25.6 Å². The summed E-state index contributed by atoms with van der Waals surface area (Å²) in [4.78, 5) is 15.0. The minimum Gasteiger partial charge on any atom is -0.360 e. The summed E-state index contributed by atoms with van der Waals surface area (Å²) in [6.45, 7) is 0.705. The molecule has 128 valence electrons. The molecule has 6 nitrogen and oxygen atoms in total. The van der Waals surface area contributed by atoms with Crippen molar-refractivity contribution in [1.29, 1.82) is 0 Å². The molecule has 0 unspecified atom stereocenters. The summed E-state index contributed by atoms with van der Waals surface area (Å²) in [6.07, 6.45) is 7.96. The first-order valence-electron chi connectivity index (χ1n) is 8.60.